The summed E-state index contributed by atoms with van der Waals surface area (Å²) in [6.45, 7) is 1.18. The van der Waals surface area contributed by atoms with Crippen molar-refractivity contribution in [2.75, 3.05) is 11.9 Å². The van der Waals surface area contributed by atoms with Crippen LogP contribution < -0.4 is 15.5 Å². The average molecular weight is 391 g/mol. The third-order valence-electron chi connectivity index (χ3n) is 4.27. The van der Waals surface area contributed by atoms with E-state index in [2.05, 4.69) is 15.8 Å². The predicted octanol–water partition coefficient (Wildman–Crippen LogP) is 3.25. The minimum absolute atomic E-state index is 0.0378. The number of carbonyl (C=O) groups excluding carboxylic acids is 2. The number of amides is 2. The van der Waals surface area contributed by atoms with Crippen molar-refractivity contribution in [2.45, 2.75) is 26.2 Å². The van der Waals surface area contributed by atoms with Gasteiger partial charge in [0.25, 0.3) is 5.91 Å². The number of aromatic nitrogens is 1. The van der Waals surface area contributed by atoms with Crippen molar-refractivity contribution in [1.82, 2.24) is 10.5 Å². The smallest absolute Gasteiger partial charge is 0.253 e. The standard InChI is InChI=1S/C19H19F2N3O4/c1-11-7-14(23-16(25)10-27-24-19(26)12-3-2-4-12)8-15(21)18(11)28-17-6-5-13(20)9-22-17/h5-9,12H,2-4,10H2,1H3,(H,23,25)(H,24,26). The van der Waals surface area contributed by atoms with E-state index in [4.69, 9.17) is 9.57 Å². The molecule has 0 saturated heterocycles. The quantitative estimate of drug-likeness (QED) is 0.708. The maximum Gasteiger partial charge on any atom is 0.253 e. The lowest BCUT2D eigenvalue weighted by Crippen LogP contribution is -2.36. The molecular weight excluding hydrogens is 372 g/mol. The highest BCUT2D eigenvalue weighted by Crippen LogP contribution is 2.30. The van der Waals surface area contributed by atoms with E-state index in [1.54, 1.807) is 6.92 Å². The number of hydroxylamine groups is 1. The van der Waals surface area contributed by atoms with Gasteiger partial charge < -0.3 is 10.1 Å². The van der Waals surface area contributed by atoms with Crippen molar-refractivity contribution >= 4 is 17.5 Å². The minimum Gasteiger partial charge on any atom is -0.436 e. The Morgan fingerprint density at radius 1 is 1.25 bits per heavy atom. The number of benzene rings is 1. The topological polar surface area (TPSA) is 89.6 Å². The molecule has 1 aliphatic rings. The fourth-order valence-corrected chi connectivity index (χ4v) is 2.58. The Morgan fingerprint density at radius 2 is 2.04 bits per heavy atom. The molecule has 1 aromatic heterocycles. The van der Waals surface area contributed by atoms with Crippen LogP contribution in [0.2, 0.25) is 0 Å². The number of ether oxygens (including phenoxy) is 1. The third kappa shape index (κ3) is 5.01. The van der Waals surface area contributed by atoms with Gasteiger partial charge in [-0.25, -0.2) is 19.2 Å². The molecule has 148 valence electrons. The van der Waals surface area contributed by atoms with Crippen molar-refractivity contribution in [1.29, 1.82) is 0 Å². The summed E-state index contributed by atoms with van der Waals surface area (Å²) >= 11 is 0. The lowest BCUT2D eigenvalue weighted by molar-refractivity contribution is -0.142. The molecule has 9 heteroatoms. The maximum absolute atomic E-state index is 14.4. The Hall–Kier alpha value is -3.07. The highest BCUT2D eigenvalue weighted by Gasteiger charge is 2.25. The molecular formula is C19H19F2N3O4. The first-order valence-electron chi connectivity index (χ1n) is 8.73. The van der Waals surface area contributed by atoms with Crippen LogP contribution in [0.5, 0.6) is 11.6 Å². The molecule has 28 heavy (non-hydrogen) atoms. The summed E-state index contributed by atoms with van der Waals surface area (Å²) in [6, 6.07) is 5.01. The van der Waals surface area contributed by atoms with Crippen LogP contribution in [0, 0.1) is 24.5 Å². The van der Waals surface area contributed by atoms with E-state index in [1.807, 2.05) is 0 Å². The number of nitrogens with one attached hydrogen (secondary N) is 2. The number of anilines is 1. The zero-order chi connectivity index (χ0) is 20.1. The number of halogens is 2. The van der Waals surface area contributed by atoms with Gasteiger partial charge >= 0.3 is 0 Å². The monoisotopic (exact) mass is 391 g/mol. The van der Waals surface area contributed by atoms with Gasteiger partial charge in [0.15, 0.2) is 18.2 Å². The van der Waals surface area contributed by atoms with E-state index in [0.29, 0.717) is 5.56 Å². The first-order valence-corrected chi connectivity index (χ1v) is 8.73. The lowest BCUT2D eigenvalue weighted by atomic mass is 9.85. The first kappa shape index (κ1) is 19.7. The predicted molar refractivity (Wildman–Crippen MR) is 95.5 cm³/mol. The van der Waals surface area contributed by atoms with Gasteiger partial charge in [-0.1, -0.05) is 6.42 Å². The normalized spacial score (nSPS) is 13.5. The number of rotatable bonds is 7. The molecule has 0 radical (unpaired) electrons. The zero-order valence-electron chi connectivity index (χ0n) is 15.1. The van der Waals surface area contributed by atoms with Crippen molar-refractivity contribution in [2.24, 2.45) is 5.92 Å². The van der Waals surface area contributed by atoms with Gasteiger partial charge in [-0.3, -0.25) is 14.4 Å². The second-order valence-electron chi connectivity index (χ2n) is 6.45. The molecule has 0 atom stereocenters. The van der Waals surface area contributed by atoms with Gasteiger partial charge in [0.1, 0.15) is 5.82 Å². The van der Waals surface area contributed by atoms with Crippen LogP contribution in [0.25, 0.3) is 0 Å². The van der Waals surface area contributed by atoms with Crippen LogP contribution in [0.4, 0.5) is 14.5 Å². The molecule has 0 aliphatic heterocycles. The largest absolute Gasteiger partial charge is 0.436 e. The van der Waals surface area contributed by atoms with Gasteiger partial charge in [-0.15, -0.1) is 0 Å². The second-order valence-corrected chi connectivity index (χ2v) is 6.45. The third-order valence-corrected chi connectivity index (χ3v) is 4.27. The van der Waals surface area contributed by atoms with Crippen molar-refractivity contribution < 1.29 is 27.9 Å². The molecule has 1 heterocycles. The molecule has 2 amide bonds. The number of carbonyl (C=O) groups is 2. The number of aryl methyl sites for hydroxylation is 1. The van der Waals surface area contributed by atoms with Gasteiger partial charge in [0, 0.05) is 23.7 Å². The summed E-state index contributed by atoms with van der Waals surface area (Å²) in [4.78, 5) is 32.1. The van der Waals surface area contributed by atoms with Crippen LogP contribution >= 0.6 is 0 Å². The number of pyridine rings is 1. The van der Waals surface area contributed by atoms with Gasteiger partial charge in [-0.2, -0.15) is 0 Å². The van der Waals surface area contributed by atoms with E-state index < -0.39 is 24.1 Å². The molecule has 2 N–H and O–H groups in total. The van der Waals surface area contributed by atoms with Crippen LogP contribution in [0.1, 0.15) is 24.8 Å². The fraction of sp³-hybridized carbons (Fsp3) is 0.316. The highest BCUT2D eigenvalue weighted by molar-refractivity contribution is 5.92. The molecule has 0 bridgehead atoms. The Kier molecular flexibility index (Phi) is 6.15. The van der Waals surface area contributed by atoms with Crippen molar-refractivity contribution in [3.8, 4) is 11.6 Å². The molecule has 2 aromatic rings. The van der Waals surface area contributed by atoms with Gasteiger partial charge in [-0.05, 0) is 37.5 Å². The van der Waals surface area contributed by atoms with E-state index in [-0.39, 0.29) is 29.1 Å². The van der Waals surface area contributed by atoms with Crippen molar-refractivity contribution in [3.63, 3.8) is 0 Å². The second kappa shape index (κ2) is 8.75. The Labute approximate surface area is 160 Å². The molecule has 7 nitrogen and oxygen atoms in total. The lowest BCUT2D eigenvalue weighted by Gasteiger charge is -2.23. The summed E-state index contributed by atoms with van der Waals surface area (Å²) in [7, 11) is 0. The van der Waals surface area contributed by atoms with Crippen molar-refractivity contribution in [3.05, 3.63) is 47.7 Å². The maximum atomic E-state index is 14.4. The van der Waals surface area contributed by atoms with Gasteiger partial charge in [0.2, 0.25) is 11.8 Å². The zero-order valence-corrected chi connectivity index (χ0v) is 15.1. The SMILES string of the molecule is Cc1cc(NC(=O)CONC(=O)C2CCC2)cc(F)c1Oc1ccc(F)cn1. The van der Waals surface area contributed by atoms with Crippen LogP contribution in [-0.4, -0.2) is 23.4 Å². The summed E-state index contributed by atoms with van der Waals surface area (Å²) < 4.78 is 32.6. The molecule has 0 unspecified atom stereocenters. The Bertz CT molecular complexity index is 847. The summed E-state index contributed by atoms with van der Waals surface area (Å²) in [5.74, 6) is -2.15. The van der Waals surface area contributed by atoms with E-state index in [9.17, 15) is 18.4 Å². The fourth-order valence-electron chi connectivity index (χ4n) is 2.58. The van der Waals surface area contributed by atoms with E-state index >= 15 is 0 Å². The molecule has 1 saturated carbocycles. The average Bonchev–Trinajstić information content (AvgIpc) is 2.58. The van der Waals surface area contributed by atoms with E-state index in [0.717, 1.165) is 37.6 Å². The minimum atomic E-state index is -0.722. The highest BCUT2D eigenvalue weighted by atomic mass is 19.1. The molecule has 0 spiro atoms. The van der Waals surface area contributed by atoms with Crippen LogP contribution in [-0.2, 0) is 14.4 Å². The summed E-state index contributed by atoms with van der Waals surface area (Å²) in [6.07, 6.45) is 3.62. The molecule has 1 fully saturated rings. The first-order chi connectivity index (χ1) is 13.4. The molecule has 1 aliphatic carbocycles. The Morgan fingerprint density at radius 3 is 2.64 bits per heavy atom. The molecule has 3 rings (SSSR count). The summed E-state index contributed by atoms with van der Waals surface area (Å²) in [5, 5.41) is 2.48. The Balaban J connectivity index is 1.54. The number of nitrogens with zero attached hydrogens (tertiary/aromatic N) is 1. The van der Waals surface area contributed by atoms with Gasteiger partial charge in [0.05, 0.1) is 6.20 Å². The van der Waals surface area contributed by atoms with Crippen LogP contribution in [0.15, 0.2) is 30.5 Å². The number of hydrogen-bond acceptors (Lipinski definition) is 5. The van der Waals surface area contributed by atoms with Crippen LogP contribution in [0.3, 0.4) is 0 Å². The number of hydrogen-bond donors (Lipinski definition) is 2. The molecule has 1 aromatic carbocycles. The summed E-state index contributed by atoms with van der Waals surface area (Å²) in [5.41, 5.74) is 2.84. The van der Waals surface area contributed by atoms with E-state index in [1.165, 1.54) is 12.1 Å².